The number of aryl methyl sites for hydroxylation is 1. The molecule has 0 aliphatic heterocycles. The van der Waals surface area contributed by atoms with E-state index in [1.54, 1.807) is 17.9 Å². The van der Waals surface area contributed by atoms with Gasteiger partial charge in [-0.15, -0.1) is 11.6 Å². The van der Waals surface area contributed by atoms with Gasteiger partial charge in [-0.1, -0.05) is 11.3 Å². The van der Waals surface area contributed by atoms with Crippen LogP contribution in [0.2, 0.25) is 0 Å². The summed E-state index contributed by atoms with van der Waals surface area (Å²) in [6.45, 7) is 1.85. The monoisotopic (exact) mass is 336 g/mol. The zero-order valence-electron chi connectivity index (χ0n) is 12.0. The normalized spacial score (nSPS) is 10.9. The smallest absolute Gasteiger partial charge is 0.240 e. The van der Waals surface area contributed by atoms with Crippen LogP contribution in [0.25, 0.3) is 15.3 Å². The number of nitrogens with zero attached hydrogens (tertiary/aromatic N) is 3. The Kier molecular flexibility index (Phi) is 4.00. The van der Waals surface area contributed by atoms with Gasteiger partial charge in [0.2, 0.25) is 11.0 Å². The fraction of sp³-hybridized carbons (Fsp3) is 0.214. The first-order valence-electron chi connectivity index (χ1n) is 6.48. The number of amides is 1. The average molecular weight is 337 g/mol. The molecule has 3 aromatic rings. The van der Waals surface area contributed by atoms with E-state index in [4.69, 9.17) is 16.3 Å². The predicted molar refractivity (Wildman–Crippen MR) is 87.4 cm³/mol. The van der Waals surface area contributed by atoms with Crippen LogP contribution in [0.3, 0.4) is 0 Å². The molecule has 0 saturated heterocycles. The van der Waals surface area contributed by atoms with Crippen LogP contribution >= 0.6 is 22.9 Å². The zero-order valence-corrected chi connectivity index (χ0v) is 13.5. The third kappa shape index (κ3) is 2.77. The Morgan fingerprint density at radius 1 is 1.45 bits per heavy atom. The summed E-state index contributed by atoms with van der Waals surface area (Å²) in [7, 11) is 1.62. The van der Waals surface area contributed by atoms with E-state index in [2.05, 4.69) is 15.4 Å². The summed E-state index contributed by atoms with van der Waals surface area (Å²) in [6.07, 6.45) is 0. The quantitative estimate of drug-likeness (QED) is 0.744. The lowest BCUT2D eigenvalue weighted by Crippen LogP contribution is -2.15. The molecule has 114 valence electrons. The van der Waals surface area contributed by atoms with Crippen molar-refractivity contribution < 1.29 is 9.53 Å². The Bertz CT molecular complexity index is 843. The Morgan fingerprint density at radius 3 is 3.00 bits per heavy atom. The third-order valence-electron chi connectivity index (χ3n) is 2.99. The number of ether oxygens (including phenoxy) is 1. The van der Waals surface area contributed by atoms with Crippen LogP contribution in [0.5, 0.6) is 5.75 Å². The molecule has 1 aromatic carbocycles. The van der Waals surface area contributed by atoms with Gasteiger partial charge in [-0.05, 0) is 25.1 Å². The van der Waals surface area contributed by atoms with Crippen LogP contribution in [-0.4, -0.2) is 33.7 Å². The van der Waals surface area contributed by atoms with Crippen molar-refractivity contribution in [3.05, 3.63) is 30.0 Å². The van der Waals surface area contributed by atoms with Crippen LogP contribution in [0.1, 0.15) is 5.69 Å². The van der Waals surface area contributed by atoms with Gasteiger partial charge in [0.15, 0.2) is 0 Å². The zero-order chi connectivity index (χ0) is 15.7. The number of carbonyl (C=O) groups excluding carboxylic acids is 1. The second-order valence-corrected chi connectivity index (χ2v) is 5.87. The fourth-order valence-electron chi connectivity index (χ4n) is 2.02. The van der Waals surface area contributed by atoms with Gasteiger partial charge in [0.25, 0.3) is 0 Å². The van der Waals surface area contributed by atoms with E-state index in [-0.39, 0.29) is 11.8 Å². The molecule has 0 aliphatic rings. The SMILES string of the molecule is COc1ccc2nc(-n3nc(C)cc3NC(=O)CCl)sc2c1. The van der Waals surface area contributed by atoms with Crippen molar-refractivity contribution in [2.75, 3.05) is 18.3 Å². The summed E-state index contributed by atoms with van der Waals surface area (Å²) < 4.78 is 7.81. The molecule has 1 N–H and O–H groups in total. The lowest BCUT2D eigenvalue weighted by atomic mass is 10.3. The van der Waals surface area contributed by atoms with E-state index in [1.807, 2.05) is 25.1 Å². The highest BCUT2D eigenvalue weighted by atomic mass is 35.5. The van der Waals surface area contributed by atoms with Gasteiger partial charge < -0.3 is 10.1 Å². The molecule has 0 radical (unpaired) electrons. The summed E-state index contributed by atoms with van der Waals surface area (Å²) in [5.41, 5.74) is 1.63. The second-order valence-electron chi connectivity index (χ2n) is 4.59. The Morgan fingerprint density at radius 2 is 2.27 bits per heavy atom. The number of carbonyl (C=O) groups is 1. The number of halogens is 1. The number of alkyl halides is 1. The van der Waals surface area contributed by atoms with Crippen molar-refractivity contribution in [3.8, 4) is 10.9 Å². The second kappa shape index (κ2) is 5.94. The van der Waals surface area contributed by atoms with Crippen molar-refractivity contribution in [1.29, 1.82) is 0 Å². The van der Waals surface area contributed by atoms with E-state index >= 15 is 0 Å². The first-order chi connectivity index (χ1) is 10.6. The lowest BCUT2D eigenvalue weighted by molar-refractivity contribution is -0.114. The Balaban J connectivity index is 2.05. The highest BCUT2D eigenvalue weighted by molar-refractivity contribution is 7.20. The molecule has 8 heteroatoms. The lowest BCUT2D eigenvalue weighted by Gasteiger charge is -2.04. The topological polar surface area (TPSA) is 69.0 Å². The average Bonchev–Trinajstić information content (AvgIpc) is 3.09. The van der Waals surface area contributed by atoms with Gasteiger partial charge in [-0.25, -0.2) is 4.98 Å². The van der Waals surface area contributed by atoms with E-state index < -0.39 is 0 Å². The summed E-state index contributed by atoms with van der Waals surface area (Å²) >= 11 is 7.00. The largest absolute Gasteiger partial charge is 0.497 e. The number of hydrogen-bond acceptors (Lipinski definition) is 5. The van der Waals surface area contributed by atoms with Crippen molar-refractivity contribution in [2.45, 2.75) is 6.92 Å². The molecule has 0 spiro atoms. The molecule has 0 fully saturated rings. The van der Waals surface area contributed by atoms with E-state index in [0.717, 1.165) is 21.7 Å². The fourth-order valence-corrected chi connectivity index (χ4v) is 3.05. The van der Waals surface area contributed by atoms with Gasteiger partial charge in [0.1, 0.15) is 17.4 Å². The van der Waals surface area contributed by atoms with Crippen LogP contribution in [0.15, 0.2) is 24.3 Å². The molecule has 6 nitrogen and oxygen atoms in total. The summed E-state index contributed by atoms with van der Waals surface area (Å²) in [4.78, 5) is 16.1. The van der Waals surface area contributed by atoms with Crippen molar-refractivity contribution in [3.63, 3.8) is 0 Å². The molecule has 0 bridgehead atoms. The first kappa shape index (κ1) is 14.8. The van der Waals surface area contributed by atoms with Crippen LogP contribution < -0.4 is 10.1 Å². The summed E-state index contributed by atoms with van der Waals surface area (Å²) in [5.74, 6) is 0.927. The minimum Gasteiger partial charge on any atom is -0.497 e. The van der Waals surface area contributed by atoms with Crippen molar-refractivity contribution >= 4 is 44.9 Å². The number of anilines is 1. The summed E-state index contributed by atoms with van der Waals surface area (Å²) in [5, 5.41) is 7.77. The minimum atomic E-state index is -0.286. The maximum Gasteiger partial charge on any atom is 0.240 e. The molecule has 3 rings (SSSR count). The highest BCUT2D eigenvalue weighted by Crippen LogP contribution is 2.29. The van der Waals surface area contributed by atoms with Crippen LogP contribution in [0, 0.1) is 6.92 Å². The highest BCUT2D eigenvalue weighted by Gasteiger charge is 2.14. The minimum absolute atomic E-state index is 0.110. The molecular weight excluding hydrogens is 324 g/mol. The number of benzene rings is 1. The molecule has 1 amide bonds. The molecule has 22 heavy (non-hydrogen) atoms. The summed E-state index contributed by atoms with van der Waals surface area (Å²) in [6, 6.07) is 7.44. The molecule has 2 aromatic heterocycles. The van der Waals surface area contributed by atoms with Gasteiger partial charge in [-0.2, -0.15) is 9.78 Å². The van der Waals surface area contributed by atoms with Crippen LogP contribution in [0.4, 0.5) is 5.82 Å². The molecule has 0 atom stereocenters. The number of methoxy groups -OCH3 is 1. The number of rotatable bonds is 4. The van der Waals surface area contributed by atoms with Crippen molar-refractivity contribution in [1.82, 2.24) is 14.8 Å². The van der Waals surface area contributed by atoms with Crippen LogP contribution in [-0.2, 0) is 4.79 Å². The first-order valence-corrected chi connectivity index (χ1v) is 7.83. The van der Waals surface area contributed by atoms with E-state index in [1.165, 1.54) is 11.3 Å². The Hall–Kier alpha value is -2.12. The number of fused-ring (bicyclic) bond motifs is 1. The van der Waals surface area contributed by atoms with E-state index in [9.17, 15) is 4.79 Å². The predicted octanol–water partition coefficient (Wildman–Crippen LogP) is 2.98. The number of nitrogens with one attached hydrogen (secondary N) is 1. The standard InChI is InChI=1S/C14H13ClN4O2S/c1-8-5-12(17-13(20)7-15)19(18-8)14-16-10-4-3-9(21-2)6-11(10)22-14/h3-6H,7H2,1-2H3,(H,17,20). The number of aromatic nitrogens is 3. The molecule has 0 saturated carbocycles. The molecule has 2 heterocycles. The molecule has 0 unspecified atom stereocenters. The van der Waals surface area contributed by atoms with Gasteiger partial charge >= 0.3 is 0 Å². The molecular formula is C14H13ClN4O2S. The molecule has 0 aliphatic carbocycles. The maximum absolute atomic E-state index is 11.5. The third-order valence-corrected chi connectivity index (χ3v) is 4.22. The van der Waals surface area contributed by atoms with E-state index in [0.29, 0.717) is 10.9 Å². The maximum atomic E-state index is 11.5. The number of hydrogen-bond donors (Lipinski definition) is 1. The number of thiazole rings is 1. The Labute approximate surface area is 135 Å². The van der Waals surface area contributed by atoms with Gasteiger partial charge in [0.05, 0.1) is 23.0 Å². The van der Waals surface area contributed by atoms with Gasteiger partial charge in [-0.3, -0.25) is 4.79 Å². The van der Waals surface area contributed by atoms with Crippen molar-refractivity contribution in [2.24, 2.45) is 0 Å². The van der Waals surface area contributed by atoms with Gasteiger partial charge in [0, 0.05) is 6.07 Å².